The number of nitrogens with zero attached hydrogens (tertiary/aromatic N) is 4. The average molecular weight is 484 g/mol. The summed E-state index contributed by atoms with van der Waals surface area (Å²) in [6.45, 7) is -0.0969. The zero-order valence-corrected chi connectivity index (χ0v) is 19.0. The smallest absolute Gasteiger partial charge is 0.234 e. The molecule has 0 bridgehead atoms. The van der Waals surface area contributed by atoms with Gasteiger partial charge in [-0.15, -0.1) is 10.2 Å². The number of aromatic nitrogens is 3. The van der Waals surface area contributed by atoms with Gasteiger partial charge in [-0.25, -0.2) is 12.8 Å². The van der Waals surface area contributed by atoms with E-state index in [0.29, 0.717) is 27.4 Å². The first-order valence-electron chi connectivity index (χ1n) is 8.94. The highest BCUT2D eigenvalue weighted by molar-refractivity contribution is 7.99. The van der Waals surface area contributed by atoms with Crippen molar-refractivity contribution in [1.29, 1.82) is 0 Å². The van der Waals surface area contributed by atoms with E-state index in [1.54, 1.807) is 35.9 Å². The minimum Gasteiger partial charge on any atom is -0.324 e. The van der Waals surface area contributed by atoms with Gasteiger partial charge in [0, 0.05) is 7.05 Å². The highest BCUT2D eigenvalue weighted by Crippen LogP contribution is 2.24. The van der Waals surface area contributed by atoms with Crippen LogP contribution in [0.1, 0.15) is 5.82 Å². The molecule has 0 aliphatic carbocycles. The van der Waals surface area contributed by atoms with Crippen LogP contribution < -0.4 is 9.62 Å². The molecule has 0 aliphatic heterocycles. The summed E-state index contributed by atoms with van der Waals surface area (Å²) < 4.78 is 40.4. The van der Waals surface area contributed by atoms with Crippen LogP contribution in [0.2, 0.25) is 5.02 Å². The number of carbonyl (C=O) groups is 1. The first kappa shape index (κ1) is 23.0. The number of hydrogen-bond acceptors (Lipinski definition) is 6. The van der Waals surface area contributed by atoms with Crippen LogP contribution in [0.15, 0.2) is 53.7 Å². The first-order valence-corrected chi connectivity index (χ1v) is 12.1. The van der Waals surface area contributed by atoms with E-state index in [9.17, 15) is 17.6 Å². The molecule has 1 N–H and O–H groups in total. The van der Waals surface area contributed by atoms with Crippen molar-refractivity contribution in [3.63, 3.8) is 0 Å². The lowest BCUT2D eigenvalue weighted by Crippen LogP contribution is -2.30. The topological polar surface area (TPSA) is 97.2 Å². The molecule has 2 aromatic carbocycles. The van der Waals surface area contributed by atoms with Crippen LogP contribution in [-0.4, -0.2) is 41.1 Å². The Morgan fingerprint density at radius 3 is 2.52 bits per heavy atom. The van der Waals surface area contributed by atoms with Crippen LogP contribution >= 0.6 is 23.4 Å². The van der Waals surface area contributed by atoms with Crippen LogP contribution in [0.5, 0.6) is 0 Å². The third-order valence-corrected chi connectivity index (χ3v) is 6.70. The molecule has 1 amide bonds. The van der Waals surface area contributed by atoms with Crippen molar-refractivity contribution in [2.75, 3.05) is 21.6 Å². The third-order valence-electron chi connectivity index (χ3n) is 4.21. The fourth-order valence-corrected chi connectivity index (χ4v) is 4.39. The Labute approximate surface area is 188 Å². The summed E-state index contributed by atoms with van der Waals surface area (Å²) in [4.78, 5) is 12.2. The van der Waals surface area contributed by atoms with Crippen molar-refractivity contribution in [3.05, 3.63) is 65.2 Å². The summed E-state index contributed by atoms with van der Waals surface area (Å²) in [5, 5.41) is 11.7. The van der Waals surface area contributed by atoms with Gasteiger partial charge in [-0.3, -0.25) is 9.10 Å². The van der Waals surface area contributed by atoms with E-state index in [2.05, 4.69) is 15.5 Å². The highest BCUT2D eigenvalue weighted by atomic mass is 35.5. The van der Waals surface area contributed by atoms with E-state index in [4.69, 9.17) is 11.6 Å². The molecular formula is C19H19ClFN5O3S2. The van der Waals surface area contributed by atoms with E-state index < -0.39 is 15.8 Å². The number of hydrogen-bond donors (Lipinski definition) is 1. The van der Waals surface area contributed by atoms with E-state index in [1.165, 1.54) is 24.3 Å². The second kappa shape index (κ2) is 9.67. The lowest BCUT2D eigenvalue weighted by atomic mass is 10.3. The maximum Gasteiger partial charge on any atom is 0.234 e. The van der Waals surface area contributed by atoms with Crippen molar-refractivity contribution in [2.45, 2.75) is 11.7 Å². The minimum absolute atomic E-state index is 0.0605. The molecule has 31 heavy (non-hydrogen) atoms. The number of rotatable bonds is 8. The third kappa shape index (κ3) is 5.96. The molecule has 0 atom stereocenters. The van der Waals surface area contributed by atoms with Crippen LogP contribution in [0.4, 0.5) is 15.8 Å². The number of sulfonamides is 1. The number of para-hydroxylation sites is 1. The van der Waals surface area contributed by atoms with Gasteiger partial charge in [0.1, 0.15) is 5.82 Å². The van der Waals surface area contributed by atoms with Gasteiger partial charge >= 0.3 is 0 Å². The van der Waals surface area contributed by atoms with Crippen LogP contribution in [0, 0.1) is 5.82 Å². The Kier molecular flexibility index (Phi) is 7.19. The molecule has 8 nitrogen and oxygen atoms in total. The van der Waals surface area contributed by atoms with Gasteiger partial charge in [0.2, 0.25) is 15.9 Å². The molecule has 0 fully saturated rings. The second-order valence-electron chi connectivity index (χ2n) is 6.52. The predicted octanol–water partition coefficient (Wildman–Crippen LogP) is 3.30. The summed E-state index contributed by atoms with van der Waals surface area (Å²) in [7, 11) is -1.98. The Bertz CT molecular complexity index is 1190. The minimum atomic E-state index is -3.65. The fourth-order valence-electron chi connectivity index (χ4n) is 2.62. The Morgan fingerprint density at radius 1 is 1.19 bits per heavy atom. The Morgan fingerprint density at radius 2 is 1.87 bits per heavy atom. The molecule has 0 unspecified atom stereocenters. The Balaban J connectivity index is 1.69. The lowest BCUT2D eigenvalue weighted by Gasteiger charge is -2.21. The van der Waals surface area contributed by atoms with E-state index in [0.717, 1.165) is 22.3 Å². The van der Waals surface area contributed by atoms with Crippen molar-refractivity contribution < 1.29 is 17.6 Å². The van der Waals surface area contributed by atoms with Gasteiger partial charge in [-0.2, -0.15) is 0 Å². The standard InChI is InChI=1S/C19H19ClFN5O3S2/c1-25-17(11-26(31(2,28)29)14-9-7-13(21)8-10-14)23-24-19(25)30-12-18(27)22-16-6-4-3-5-15(16)20/h3-10H,11-12H2,1-2H3,(H,22,27). The van der Waals surface area contributed by atoms with Crippen molar-refractivity contribution in [1.82, 2.24) is 14.8 Å². The number of halogens is 2. The average Bonchev–Trinajstić information content (AvgIpc) is 3.06. The van der Waals surface area contributed by atoms with E-state index >= 15 is 0 Å². The number of anilines is 2. The molecule has 0 radical (unpaired) electrons. The molecule has 1 aromatic heterocycles. The van der Waals surface area contributed by atoms with E-state index in [1.807, 2.05) is 0 Å². The number of carbonyl (C=O) groups excluding carboxylic acids is 1. The molecule has 12 heteroatoms. The summed E-state index contributed by atoms with van der Waals surface area (Å²) in [6, 6.07) is 12.0. The largest absolute Gasteiger partial charge is 0.324 e. The van der Waals surface area contributed by atoms with Gasteiger partial charge in [0.05, 0.1) is 35.0 Å². The maximum atomic E-state index is 13.2. The van der Waals surface area contributed by atoms with Gasteiger partial charge in [0.25, 0.3) is 0 Å². The number of benzene rings is 2. The zero-order valence-electron chi connectivity index (χ0n) is 16.6. The second-order valence-corrected chi connectivity index (χ2v) is 9.78. The summed E-state index contributed by atoms with van der Waals surface area (Å²) in [6.07, 6.45) is 1.06. The SMILES string of the molecule is Cn1c(CN(c2ccc(F)cc2)S(C)(=O)=O)nnc1SCC(=O)Nc1ccccc1Cl. The van der Waals surface area contributed by atoms with Crippen molar-refractivity contribution >= 4 is 50.7 Å². The highest BCUT2D eigenvalue weighted by Gasteiger charge is 2.22. The van der Waals surface area contributed by atoms with E-state index in [-0.39, 0.29) is 18.2 Å². The van der Waals surface area contributed by atoms with Crippen LogP contribution in [0.3, 0.4) is 0 Å². The molecule has 0 aliphatic rings. The number of thioether (sulfide) groups is 1. The summed E-state index contributed by atoms with van der Waals surface area (Å²) in [5.41, 5.74) is 0.816. The summed E-state index contributed by atoms with van der Waals surface area (Å²) in [5.74, 6) is -0.314. The molecule has 164 valence electrons. The summed E-state index contributed by atoms with van der Waals surface area (Å²) >= 11 is 7.19. The molecule has 0 saturated carbocycles. The number of nitrogens with one attached hydrogen (secondary N) is 1. The van der Waals surface area contributed by atoms with Gasteiger partial charge in [-0.1, -0.05) is 35.5 Å². The first-order chi connectivity index (χ1) is 14.6. The van der Waals surface area contributed by atoms with Crippen LogP contribution in [0.25, 0.3) is 0 Å². The molecule has 0 spiro atoms. The number of amides is 1. The quantitative estimate of drug-likeness (QED) is 0.494. The Hall–Kier alpha value is -2.63. The maximum absolute atomic E-state index is 13.2. The van der Waals surface area contributed by atoms with Gasteiger partial charge < -0.3 is 9.88 Å². The van der Waals surface area contributed by atoms with Crippen LogP contribution in [-0.2, 0) is 28.4 Å². The monoisotopic (exact) mass is 483 g/mol. The van der Waals surface area contributed by atoms with Crippen molar-refractivity contribution in [2.24, 2.45) is 7.05 Å². The normalized spacial score (nSPS) is 11.4. The van der Waals surface area contributed by atoms with Gasteiger partial charge in [0.15, 0.2) is 11.0 Å². The van der Waals surface area contributed by atoms with Gasteiger partial charge in [-0.05, 0) is 36.4 Å². The predicted molar refractivity (Wildman–Crippen MR) is 119 cm³/mol. The molecule has 3 aromatic rings. The molecular weight excluding hydrogens is 465 g/mol. The lowest BCUT2D eigenvalue weighted by molar-refractivity contribution is -0.113. The molecule has 0 saturated heterocycles. The van der Waals surface area contributed by atoms with Crippen molar-refractivity contribution in [3.8, 4) is 0 Å². The zero-order chi connectivity index (χ0) is 22.6. The molecule has 1 heterocycles. The fraction of sp³-hybridized carbons (Fsp3) is 0.211. The molecule has 3 rings (SSSR count).